The number of aliphatic hydroxyl groups is 1. The Morgan fingerprint density at radius 3 is 2.76 bits per heavy atom. The van der Waals surface area contributed by atoms with Crippen LogP contribution in [-0.2, 0) is 12.6 Å². The number of rotatable bonds is 2. The van der Waals surface area contributed by atoms with Crippen LogP contribution in [0.2, 0.25) is 0 Å². The van der Waals surface area contributed by atoms with Crippen molar-refractivity contribution >= 4 is 26.7 Å². The molecule has 5 nitrogen and oxygen atoms in total. The van der Waals surface area contributed by atoms with E-state index in [1.807, 2.05) is 25.2 Å². The Kier molecular flexibility index (Phi) is 2.61. The molecule has 1 N–H and O–H groups in total. The molecule has 0 spiro atoms. The van der Waals surface area contributed by atoms with Crippen molar-refractivity contribution in [1.82, 2.24) is 14.8 Å². The van der Waals surface area contributed by atoms with E-state index in [-0.39, 0.29) is 0 Å². The van der Waals surface area contributed by atoms with Gasteiger partial charge in [-0.2, -0.15) is 5.10 Å². The highest BCUT2D eigenvalue weighted by Crippen LogP contribution is 2.39. The normalized spacial score (nSPS) is 17.2. The van der Waals surface area contributed by atoms with Crippen LogP contribution in [0.15, 0.2) is 30.5 Å². The summed E-state index contributed by atoms with van der Waals surface area (Å²) in [7, 11) is 1.86. The molecule has 1 aliphatic heterocycles. The molecule has 0 atom stereocenters. The Labute approximate surface area is 126 Å². The van der Waals surface area contributed by atoms with Gasteiger partial charge in [-0.25, -0.2) is 4.98 Å². The summed E-state index contributed by atoms with van der Waals surface area (Å²) in [5.74, 6) is 0. The number of benzene rings is 1. The molecule has 2 aromatic heterocycles. The second-order valence-corrected chi connectivity index (χ2v) is 6.62. The van der Waals surface area contributed by atoms with Crippen molar-refractivity contribution in [3.8, 4) is 0 Å². The maximum Gasteiger partial charge on any atom is 0.186 e. The molecule has 3 heterocycles. The van der Waals surface area contributed by atoms with E-state index < -0.39 is 5.60 Å². The third-order valence-corrected chi connectivity index (χ3v) is 5.34. The Morgan fingerprint density at radius 1 is 1.29 bits per heavy atom. The molecule has 0 saturated carbocycles. The van der Waals surface area contributed by atoms with Gasteiger partial charge in [-0.3, -0.25) is 4.68 Å². The van der Waals surface area contributed by atoms with Crippen LogP contribution in [0.4, 0.5) is 5.13 Å². The fourth-order valence-electron chi connectivity index (χ4n) is 2.92. The van der Waals surface area contributed by atoms with Crippen LogP contribution in [-0.4, -0.2) is 33.0 Å². The van der Waals surface area contributed by atoms with Gasteiger partial charge in [0.2, 0.25) is 0 Å². The van der Waals surface area contributed by atoms with Gasteiger partial charge < -0.3 is 10.0 Å². The first kappa shape index (κ1) is 12.8. The SMILES string of the molecule is Cc1cccc2nc(N3CC(O)(c4ccnn4C)C3)sc12. The molecule has 0 radical (unpaired) electrons. The molecule has 1 aromatic carbocycles. The molecule has 0 unspecified atom stereocenters. The fourth-order valence-corrected chi connectivity index (χ4v) is 3.96. The van der Waals surface area contributed by atoms with Crippen molar-refractivity contribution < 1.29 is 5.11 Å². The number of aryl methyl sites for hydroxylation is 2. The van der Waals surface area contributed by atoms with Gasteiger partial charge >= 0.3 is 0 Å². The third kappa shape index (κ3) is 1.86. The Hall–Kier alpha value is -1.92. The lowest BCUT2D eigenvalue weighted by Gasteiger charge is -2.46. The molecule has 1 saturated heterocycles. The van der Waals surface area contributed by atoms with Crippen LogP contribution >= 0.6 is 11.3 Å². The van der Waals surface area contributed by atoms with Crippen LogP contribution < -0.4 is 4.90 Å². The van der Waals surface area contributed by atoms with E-state index in [4.69, 9.17) is 0 Å². The van der Waals surface area contributed by atoms with Gasteiger partial charge in [-0.05, 0) is 24.6 Å². The van der Waals surface area contributed by atoms with Crippen LogP contribution in [0.5, 0.6) is 0 Å². The molecule has 0 amide bonds. The number of thiazole rings is 1. The maximum atomic E-state index is 10.7. The van der Waals surface area contributed by atoms with Crippen LogP contribution in [0.25, 0.3) is 10.2 Å². The van der Waals surface area contributed by atoms with Crippen LogP contribution in [0.1, 0.15) is 11.3 Å². The minimum absolute atomic E-state index is 0.561. The van der Waals surface area contributed by atoms with Gasteiger partial charge in [0, 0.05) is 13.2 Å². The first-order chi connectivity index (χ1) is 10.1. The fraction of sp³-hybridized carbons (Fsp3) is 0.333. The summed E-state index contributed by atoms with van der Waals surface area (Å²) in [4.78, 5) is 6.80. The first-order valence-electron chi connectivity index (χ1n) is 6.89. The molecular weight excluding hydrogens is 284 g/mol. The molecule has 6 heteroatoms. The summed E-state index contributed by atoms with van der Waals surface area (Å²) >= 11 is 1.69. The second-order valence-electron chi connectivity index (χ2n) is 5.65. The van der Waals surface area contributed by atoms with E-state index in [0.29, 0.717) is 13.1 Å². The predicted octanol–water partition coefficient (Wildman–Crippen LogP) is 2.05. The highest BCUT2D eigenvalue weighted by Gasteiger charge is 2.45. The average molecular weight is 300 g/mol. The van der Waals surface area contributed by atoms with E-state index in [2.05, 4.69) is 28.0 Å². The van der Waals surface area contributed by atoms with Gasteiger partial charge in [0.25, 0.3) is 0 Å². The second kappa shape index (κ2) is 4.29. The number of β-amino-alcohol motifs (C(OH)–C–C–N with tert-alkyl or cyclic N) is 1. The number of hydrogen-bond acceptors (Lipinski definition) is 5. The van der Waals surface area contributed by atoms with Crippen molar-refractivity contribution in [2.45, 2.75) is 12.5 Å². The summed E-state index contributed by atoms with van der Waals surface area (Å²) in [6.07, 6.45) is 1.72. The third-order valence-electron chi connectivity index (χ3n) is 4.07. The minimum Gasteiger partial charge on any atom is -0.380 e. The molecule has 0 aliphatic carbocycles. The molecule has 0 bridgehead atoms. The summed E-state index contributed by atoms with van der Waals surface area (Å²) in [6, 6.07) is 8.05. The Morgan fingerprint density at radius 2 is 2.10 bits per heavy atom. The van der Waals surface area contributed by atoms with Crippen LogP contribution in [0, 0.1) is 6.92 Å². The predicted molar refractivity (Wildman–Crippen MR) is 83.7 cm³/mol. The average Bonchev–Trinajstić information content (AvgIpc) is 3.02. The monoisotopic (exact) mass is 300 g/mol. The van der Waals surface area contributed by atoms with Crippen molar-refractivity contribution in [1.29, 1.82) is 0 Å². The summed E-state index contributed by atoms with van der Waals surface area (Å²) in [5.41, 5.74) is 2.32. The largest absolute Gasteiger partial charge is 0.380 e. The first-order valence-corrected chi connectivity index (χ1v) is 7.70. The van der Waals surface area contributed by atoms with Crippen molar-refractivity contribution in [3.05, 3.63) is 41.7 Å². The summed E-state index contributed by atoms with van der Waals surface area (Å²) in [5, 5.41) is 15.8. The summed E-state index contributed by atoms with van der Waals surface area (Å²) in [6.45, 7) is 3.23. The zero-order chi connectivity index (χ0) is 14.6. The van der Waals surface area contributed by atoms with Crippen molar-refractivity contribution in [2.24, 2.45) is 7.05 Å². The zero-order valence-electron chi connectivity index (χ0n) is 11.9. The van der Waals surface area contributed by atoms with E-state index in [9.17, 15) is 5.11 Å². The number of fused-ring (bicyclic) bond motifs is 1. The maximum absolute atomic E-state index is 10.7. The van der Waals surface area contributed by atoms with Gasteiger partial charge in [-0.1, -0.05) is 23.5 Å². The van der Waals surface area contributed by atoms with E-state index in [1.54, 1.807) is 22.2 Å². The number of aromatic nitrogens is 3. The number of anilines is 1. The van der Waals surface area contributed by atoms with E-state index in [0.717, 1.165) is 16.3 Å². The van der Waals surface area contributed by atoms with E-state index >= 15 is 0 Å². The van der Waals surface area contributed by atoms with Gasteiger partial charge in [0.15, 0.2) is 5.13 Å². The van der Waals surface area contributed by atoms with Gasteiger partial charge in [0.1, 0.15) is 5.60 Å². The summed E-state index contributed by atoms with van der Waals surface area (Å²) < 4.78 is 2.96. The van der Waals surface area contributed by atoms with Gasteiger partial charge in [0.05, 0.1) is 29.0 Å². The quantitative estimate of drug-likeness (QED) is 0.787. The smallest absolute Gasteiger partial charge is 0.186 e. The minimum atomic E-state index is -0.821. The van der Waals surface area contributed by atoms with Crippen LogP contribution in [0.3, 0.4) is 0 Å². The molecule has 1 aliphatic rings. The van der Waals surface area contributed by atoms with E-state index in [1.165, 1.54) is 10.3 Å². The highest BCUT2D eigenvalue weighted by atomic mass is 32.1. The Bertz CT molecular complexity index is 816. The molecular formula is C15H16N4OS. The highest BCUT2D eigenvalue weighted by molar-refractivity contribution is 7.22. The standard InChI is InChI=1S/C15H16N4OS/c1-10-4-3-5-11-13(10)21-14(17-11)19-8-15(20,9-19)12-6-7-16-18(12)2/h3-7,20H,8-9H2,1-2H3. The lowest BCUT2D eigenvalue weighted by Crippen LogP contribution is -2.60. The van der Waals surface area contributed by atoms with Crippen molar-refractivity contribution in [2.75, 3.05) is 18.0 Å². The molecule has 108 valence electrons. The Balaban J connectivity index is 1.62. The number of nitrogens with zero attached hydrogens (tertiary/aromatic N) is 4. The van der Waals surface area contributed by atoms with Crippen molar-refractivity contribution in [3.63, 3.8) is 0 Å². The zero-order valence-corrected chi connectivity index (χ0v) is 12.8. The topological polar surface area (TPSA) is 54.2 Å². The molecule has 21 heavy (non-hydrogen) atoms. The lowest BCUT2D eigenvalue weighted by molar-refractivity contribution is -0.0000183. The lowest BCUT2D eigenvalue weighted by atomic mass is 9.91. The number of hydrogen-bond donors (Lipinski definition) is 1. The van der Waals surface area contributed by atoms with Gasteiger partial charge in [-0.15, -0.1) is 0 Å². The molecule has 3 aromatic rings. The molecule has 1 fully saturated rings. The molecule has 4 rings (SSSR count).